The van der Waals surface area contributed by atoms with E-state index >= 15 is 0 Å². The molecule has 0 spiro atoms. The van der Waals surface area contributed by atoms with Crippen molar-refractivity contribution in [3.05, 3.63) is 46.2 Å². The van der Waals surface area contributed by atoms with Crippen LogP contribution >= 0.6 is 0 Å². The van der Waals surface area contributed by atoms with Crippen molar-refractivity contribution in [3.63, 3.8) is 0 Å². The lowest BCUT2D eigenvalue weighted by molar-refractivity contribution is 0.405. The first-order valence-corrected chi connectivity index (χ1v) is 6.25. The predicted molar refractivity (Wildman–Crippen MR) is 71.9 cm³/mol. The van der Waals surface area contributed by atoms with E-state index in [0.29, 0.717) is 28.9 Å². The van der Waals surface area contributed by atoms with E-state index in [4.69, 9.17) is 4.52 Å². The highest BCUT2D eigenvalue weighted by molar-refractivity contribution is 5.92. The van der Waals surface area contributed by atoms with Crippen molar-refractivity contribution in [2.24, 2.45) is 0 Å². The molecule has 20 heavy (non-hydrogen) atoms. The summed E-state index contributed by atoms with van der Waals surface area (Å²) in [6.07, 6.45) is 0. The van der Waals surface area contributed by atoms with E-state index in [0.717, 1.165) is 0 Å². The molecule has 0 aliphatic carbocycles. The topological polar surface area (TPSA) is 60.9 Å². The Hall–Kier alpha value is -2.50. The van der Waals surface area contributed by atoms with Gasteiger partial charge in [0.05, 0.1) is 5.39 Å². The number of aromatic nitrogens is 3. The van der Waals surface area contributed by atoms with Crippen LogP contribution in [0.4, 0.5) is 4.39 Å². The van der Waals surface area contributed by atoms with Crippen LogP contribution in [0.25, 0.3) is 22.2 Å². The molecular formula is C14H12FN3O2. The molecule has 0 atom stereocenters. The largest absolute Gasteiger partial charge is 0.360 e. The van der Waals surface area contributed by atoms with E-state index in [1.54, 1.807) is 19.1 Å². The van der Waals surface area contributed by atoms with Crippen LogP contribution in [0.2, 0.25) is 0 Å². The molecule has 0 bridgehead atoms. The maximum Gasteiger partial charge on any atom is 0.296 e. The van der Waals surface area contributed by atoms with Gasteiger partial charge in [-0.3, -0.25) is 4.79 Å². The number of hydrogen-bond donors (Lipinski definition) is 0. The van der Waals surface area contributed by atoms with Crippen LogP contribution in [-0.2, 0) is 6.54 Å². The van der Waals surface area contributed by atoms with Crippen LogP contribution in [0.15, 0.2) is 33.6 Å². The molecule has 1 aromatic carbocycles. The summed E-state index contributed by atoms with van der Waals surface area (Å²) in [5, 5.41) is 8.72. The number of nitrogens with zero attached hydrogens (tertiary/aromatic N) is 3. The SMILES string of the molecule is CCn1nc(-c2ccc(F)cc2)c2c(C)onc2c1=O. The highest BCUT2D eigenvalue weighted by atomic mass is 19.1. The van der Waals surface area contributed by atoms with Gasteiger partial charge in [-0.1, -0.05) is 5.16 Å². The van der Waals surface area contributed by atoms with Crippen molar-refractivity contribution in [1.82, 2.24) is 14.9 Å². The maximum absolute atomic E-state index is 13.0. The van der Waals surface area contributed by atoms with Crippen molar-refractivity contribution in [1.29, 1.82) is 0 Å². The summed E-state index contributed by atoms with van der Waals surface area (Å²) in [6, 6.07) is 5.95. The van der Waals surface area contributed by atoms with E-state index in [-0.39, 0.29) is 16.9 Å². The van der Waals surface area contributed by atoms with Crippen molar-refractivity contribution in [3.8, 4) is 11.3 Å². The Morgan fingerprint density at radius 2 is 2.00 bits per heavy atom. The minimum atomic E-state index is -0.323. The average Bonchev–Trinajstić information content (AvgIpc) is 2.84. The van der Waals surface area contributed by atoms with Crippen molar-refractivity contribution in [2.45, 2.75) is 20.4 Å². The molecule has 0 unspecified atom stereocenters. The second-order valence-corrected chi connectivity index (χ2v) is 4.44. The summed E-state index contributed by atoms with van der Waals surface area (Å²) in [6.45, 7) is 3.97. The number of fused-ring (bicyclic) bond motifs is 1. The standard InChI is InChI=1S/C14H12FN3O2/c1-3-18-14(19)13-11(8(2)20-17-13)12(16-18)9-4-6-10(15)7-5-9/h4-7H,3H2,1-2H3. The molecule has 0 radical (unpaired) electrons. The minimum absolute atomic E-state index is 0.249. The zero-order valence-electron chi connectivity index (χ0n) is 11.1. The number of aryl methyl sites for hydroxylation is 2. The summed E-state index contributed by atoms with van der Waals surface area (Å²) >= 11 is 0. The Labute approximate surface area is 113 Å². The molecule has 2 heterocycles. The average molecular weight is 273 g/mol. The van der Waals surface area contributed by atoms with Gasteiger partial charge in [0.1, 0.15) is 17.3 Å². The molecule has 0 amide bonds. The second kappa shape index (κ2) is 4.56. The van der Waals surface area contributed by atoms with Crippen LogP contribution in [-0.4, -0.2) is 14.9 Å². The van der Waals surface area contributed by atoms with Gasteiger partial charge in [-0.05, 0) is 38.1 Å². The highest BCUT2D eigenvalue weighted by Crippen LogP contribution is 2.27. The van der Waals surface area contributed by atoms with Gasteiger partial charge in [0.15, 0.2) is 5.52 Å². The minimum Gasteiger partial charge on any atom is -0.360 e. The Kier molecular flexibility index (Phi) is 2.85. The molecule has 102 valence electrons. The van der Waals surface area contributed by atoms with Gasteiger partial charge in [-0.25, -0.2) is 9.07 Å². The first kappa shape index (κ1) is 12.5. The molecule has 6 heteroatoms. The van der Waals surface area contributed by atoms with Crippen molar-refractivity contribution >= 4 is 10.9 Å². The number of rotatable bonds is 2. The summed E-state index contributed by atoms with van der Waals surface area (Å²) in [5.74, 6) is 0.197. The third-order valence-corrected chi connectivity index (χ3v) is 3.17. The number of benzene rings is 1. The third-order valence-electron chi connectivity index (χ3n) is 3.17. The fourth-order valence-corrected chi connectivity index (χ4v) is 2.16. The molecule has 5 nitrogen and oxygen atoms in total. The highest BCUT2D eigenvalue weighted by Gasteiger charge is 2.18. The van der Waals surface area contributed by atoms with Gasteiger partial charge in [0.25, 0.3) is 5.56 Å². The van der Waals surface area contributed by atoms with Gasteiger partial charge < -0.3 is 4.52 Å². The molecule has 0 aliphatic heterocycles. The molecule has 0 aliphatic rings. The molecule has 0 saturated carbocycles. The van der Waals surface area contributed by atoms with Crippen molar-refractivity contribution in [2.75, 3.05) is 0 Å². The summed E-state index contributed by atoms with van der Waals surface area (Å²) in [7, 11) is 0. The smallest absolute Gasteiger partial charge is 0.296 e. The second-order valence-electron chi connectivity index (χ2n) is 4.44. The Morgan fingerprint density at radius 3 is 2.65 bits per heavy atom. The van der Waals surface area contributed by atoms with Crippen LogP contribution in [0.5, 0.6) is 0 Å². The van der Waals surface area contributed by atoms with Crippen LogP contribution < -0.4 is 5.56 Å². The summed E-state index contributed by atoms with van der Waals surface area (Å²) in [4.78, 5) is 12.1. The Bertz CT molecular complexity index is 834. The fourth-order valence-electron chi connectivity index (χ4n) is 2.16. The van der Waals surface area contributed by atoms with E-state index in [1.165, 1.54) is 16.8 Å². The van der Waals surface area contributed by atoms with Gasteiger partial charge in [-0.15, -0.1) is 0 Å². The van der Waals surface area contributed by atoms with E-state index in [9.17, 15) is 9.18 Å². The Balaban J connectivity index is 2.39. The first-order chi connectivity index (χ1) is 9.61. The lowest BCUT2D eigenvalue weighted by Crippen LogP contribution is -2.23. The first-order valence-electron chi connectivity index (χ1n) is 6.25. The Morgan fingerprint density at radius 1 is 1.30 bits per heavy atom. The van der Waals surface area contributed by atoms with Gasteiger partial charge in [-0.2, -0.15) is 5.10 Å². The predicted octanol–water partition coefficient (Wildman–Crippen LogP) is 2.52. The zero-order chi connectivity index (χ0) is 14.3. The molecule has 2 aromatic heterocycles. The molecule has 3 aromatic rings. The molecular weight excluding hydrogens is 261 g/mol. The quantitative estimate of drug-likeness (QED) is 0.719. The van der Waals surface area contributed by atoms with Gasteiger partial charge in [0, 0.05) is 12.1 Å². The summed E-state index contributed by atoms with van der Waals surface area (Å²) < 4.78 is 19.5. The van der Waals surface area contributed by atoms with Crippen LogP contribution in [0.3, 0.4) is 0 Å². The lowest BCUT2D eigenvalue weighted by atomic mass is 10.1. The number of halogens is 1. The third kappa shape index (κ3) is 1.80. The molecule has 3 rings (SSSR count). The molecule has 0 saturated heterocycles. The van der Waals surface area contributed by atoms with E-state index in [2.05, 4.69) is 10.3 Å². The molecule has 0 fully saturated rings. The summed E-state index contributed by atoms with van der Waals surface area (Å²) in [5.41, 5.74) is 1.24. The van der Waals surface area contributed by atoms with Gasteiger partial charge in [0.2, 0.25) is 0 Å². The van der Waals surface area contributed by atoms with E-state index in [1.807, 2.05) is 6.92 Å². The fraction of sp³-hybridized carbons (Fsp3) is 0.214. The van der Waals surface area contributed by atoms with E-state index < -0.39 is 0 Å². The van der Waals surface area contributed by atoms with Crippen LogP contribution in [0, 0.1) is 12.7 Å². The number of hydrogen-bond acceptors (Lipinski definition) is 4. The van der Waals surface area contributed by atoms with Gasteiger partial charge >= 0.3 is 0 Å². The maximum atomic E-state index is 13.0. The van der Waals surface area contributed by atoms with Crippen LogP contribution in [0.1, 0.15) is 12.7 Å². The normalized spacial score (nSPS) is 11.2. The lowest BCUT2D eigenvalue weighted by Gasteiger charge is -2.06. The molecule has 0 N–H and O–H groups in total. The van der Waals surface area contributed by atoms with Crippen molar-refractivity contribution < 1.29 is 8.91 Å². The monoisotopic (exact) mass is 273 g/mol. The zero-order valence-corrected chi connectivity index (χ0v) is 11.1.